The van der Waals surface area contributed by atoms with Crippen LogP contribution in [0.5, 0.6) is 0 Å². The summed E-state index contributed by atoms with van der Waals surface area (Å²) in [5, 5.41) is 3.15. The summed E-state index contributed by atoms with van der Waals surface area (Å²) in [7, 11) is -1.63. The fraction of sp³-hybridized carbons (Fsp3) is 0.933. The number of nitrogens with one attached hydrogen (secondary N) is 1. The highest BCUT2D eigenvalue weighted by atomic mass is 35.5. The average molecular weight is 353 g/mol. The summed E-state index contributed by atoms with van der Waals surface area (Å²) in [5.74, 6) is 0.336. The van der Waals surface area contributed by atoms with E-state index in [9.17, 15) is 13.2 Å². The third kappa shape index (κ3) is 4.15. The molecular formula is C15H29ClN2O3S. The van der Waals surface area contributed by atoms with Crippen molar-refractivity contribution in [3.05, 3.63) is 0 Å². The second kappa shape index (κ2) is 7.97. The van der Waals surface area contributed by atoms with E-state index >= 15 is 0 Å². The molecule has 1 N–H and O–H groups in total. The molecule has 0 aromatic rings. The van der Waals surface area contributed by atoms with Crippen LogP contribution in [0, 0.1) is 5.92 Å². The van der Waals surface area contributed by atoms with E-state index in [1.807, 2.05) is 0 Å². The van der Waals surface area contributed by atoms with Gasteiger partial charge in [-0.1, -0.05) is 19.3 Å². The van der Waals surface area contributed by atoms with Gasteiger partial charge in [0.1, 0.15) is 0 Å². The molecule has 0 aromatic carbocycles. The zero-order valence-electron chi connectivity index (χ0n) is 13.6. The minimum absolute atomic E-state index is 0. The lowest BCUT2D eigenvalue weighted by atomic mass is 9.88. The molecule has 1 saturated carbocycles. The molecule has 1 amide bonds. The van der Waals surface area contributed by atoms with Gasteiger partial charge in [0.25, 0.3) is 0 Å². The van der Waals surface area contributed by atoms with Gasteiger partial charge in [0, 0.05) is 19.8 Å². The van der Waals surface area contributed by atoms with Gasteiger partial charge >= 0.3 is 0 Å². The Morgan fingerprint density at radius 2 is 1.73 bits per heavy atom. The summed E-state index contributed by atoms with van der Waals surface area (Å²) in [6.07, 6.45) is 8.05. The molecule has 2 aliphatic rings. The van der Waals surface area contributed by atoms with E-state index in [-0.39, 0.29) is 18.3 Å². The van der Waals surface area contributed by atoms with Crippen LogP contribution in [0.15, 0.2) is 0 Å². The first-order valence-corrected chi connectivity index (χ1v) is 9.92. The summed E-state index contributed by atoms with van der Waals surface area (Å²) in [6.45, 7) is 1.88. The van der Waals surface area contributed by atoms with Gasteiger partial charge in [0.05, 0.1) is 0 Å². The molecule has 5 nitrogen and oxygen atoms in total. The maximum absolute atomic E-state index is 12.9. The number of carbonyl (C=O) groups is 1. The molecule has 1 aliphatic heterocycles. The topological polar surface area (TPSA) is 66.5 Å². The third-order valence-electron chi connectivity index (χ3n) is 5.11. The Morgan fingerprint density at radius 3 is 2.23 bits per heavy atom. The molecular weight excluding hydrogens is 324 g/mol. The molecule has 1 saturated heterocycles. The van der Waals surface area contributed by atoms with E-state index in [4.69, 9.17) is 0 Å². The van der Waals surface area contributed by atoms with E-state index in [1.54, 1.807) is 11.9 Å². The van der Waals surface area contributed by atoms with Crippen LogP contribution in [0.3, 0.4) is 0 Å². The summed E-state index contributed by atoms with van der Waals surface area (Å²) in [5.41, 5.74) is 0. The number of rotatable bonds is 4. The molecule has 2 rings (SSSR count). The van der Waals surface area contributed by atoms with Gasteiger partial charge in [-0.25, -0.2) is 8.42 Å². The Morgan fingerprint density at radius 1 is 1.18 bits per heavy atom. The molecule has 130 valence electrons. The third-order valence-corrected chi connectivity index (χ3v) is 7.12. The van der Waals surface area contributed by atoms with Crippen LogP contribution in [-0.4, -0.2) is 56.9 Å². The summed E-state index contributed by atoms with van der Waals surface area (Å²) < 4.78 is 23.3. The highest BCUT2D eigenvalue weighted by Gasteiger charge is 2.50. The first-order chi connectivity index (χ1) is 9.87. The van der Waals surface area contributed by atoms with Crippen LogP contribution < -0.4 is 5.32 Å². The van der Waals surface area contributed by atoms with Crippen molar-refractivity contribution in [1.82, 2.24) is 10.2 Å². The number of amides is 1. The normalized spacial score (nSPS) is 22.6. The highest BCUT2D eigenvalue weighted by molar-refractivity contribution is 7.92. The lowest BCUT2D eigenvalue weighted by molar-refractivity contribution is -0.134. The van der Waals surface area contributed by atoms with Crippen LogP contribution >= 0.6 is 12.4 Å². The van der Waals surface area contributed by atoms with Crippen molar-refractivity contribution in [2.75, 3.05) is 32.9 Å². The van der Waals surface area contributed by atoms with E-state index in [0.29, 0.717) is 38.4 Å². The number of carbonyl (C=O) groups excluding carboxylic acids is 1. The molecule has 0 atom stereocenters. The van der Waals surface area contributed by atoms with Crippen molar-refractivity contribution in [2.45, 2.75) is 49.7 Å². The van der Waals surface area contributed by atoms with Crippen LogP contribution in [0.25, 0.3) is 0 Å². The summed E-state index contributed by atoms with van der Waals surface area (Å²) in [4.78, 5) is 14.5. The maximum atomic E-state index is 12.9. The van der Waals surface area contributed by atoms with E-state index in [2.05, 4.69) is 5.32 Å². The molecule has 22 heavy (non-hydrogen) atoms. The van der Waals surface area contributed by atoms with Crippen LogP contribution in [-0.2, 0) is 14.6 Å². The Kier molecular flexibility index (Phi) is 7.15. The number of piperidine rings is 1. The van der Waals surface area contributed by atoms with Crippen LogP contribution in [0.4, 0.5) is 0 Å². The summed E-state index contributed by atoms with van der Waals surface area (Å²) in [6, 6.07) is 0. The van der Waals surface area contributed by atoms with Gasteiger partial charge < -0.3 is 10.2 Å². The first kappa shape index (κ1) is 19.7. The van der Waals surface area contributed by atoms with Crippen LogP contribution in [0.2, 0.25) is 0 Å². The Balaban J connectivity index is 0.00000242. The van der Waals surface area contributed by atoms with Crippen LogP contribution in [0.1, 0.15) is 44.9 Å². The van der Waals surface area contributed by atoms with Crippen molar-refractivity contribution in [1.29, 1.82) is 0 Å². The number of hydrogen-bond donors (Lipinski definition) is 1. The molecule has 0 unspecified atom stereocenters. The van der Waals surface area contributed by atoms with Gasteiger partial charge in [-0.05, 0) is 44.7 Å². The Hall–Kier alpha value is -0.330. The Labute approximate surface area is 140 Å². The van der Waals surface area contributed by atoms with Crippen molar-refractivity contribution in [2.24, 2.45) is 5.92 Å². The van der Waals surface area contributed by atoms with Gasteiger partial charge in [0.15, 0.2) is 14.6 Å². The van der Waals surface area contributed by atoms with Crippen molar-refractivity contribution >= 4 is 28.2 Å². The molecule has 0 aromatic heterocycles. The fourth-order valence-corrected chi connectivity index (χ4v) is 5.18. The predicted octanol–water partition coefficient (Wildman–Crippen LogP) is 1.61. The molecule has 0 spiro atoms. The number of sulfone groups is 1. The number of hydrogen-bond acceptors (Lipinski definition) is 4. The monoisotopic (exact) mass is 352 g/mol. The second-order valence-electron chi connectivity index (χ2n) is 6.71. The van der Waals surface area contributed by atoms with Crippen molar-refractivity contribution < 1.29 is 13.2 Å². The highest BCUT2D eigenvalue weighted by Crippen LogP contribution is 2.31. The minimum atomic E-state index is -3.40. The second-order valence-corrected chi connectivity index (χ2v) is 9.03. The predicted molar refractivity (Wildman–Crippen MR) is 91.1 cm³/mol. The molecule has 0 radical (unpaired) electrons. The number of nitrogens with zero attached hydrogens (tertiary/aromatic N) is 1. The average Bonchev–Trinajstić information content (AvgIpc) is 2.47. The summed E-state index contributed by atoms with van der Waals surface area (Å²) >= 11 is 0. The smallest absolute Gasteiger partial charge is 0.243 e. The molecule has 1 aliphatic carbocycles. The van der Waals surface area contributed by atoms with Gasteiger partial charge in [-0.3, -0.25) is 4.79 Å². The molecule has 0 bridgehead atoms. The molecule has 7 heteroatoms. The zero-order valence-corrected chi connectivity index (χ0v) is 15.3. The first-order valence-electron chi connectivity index (χ1n) is 8.03. The quantitative estimate of drug-likeness (QED) is 0.834. The Bertz CT molecular complexity index is 469. The van der Waals surface area contributed by atoms with Crippen molar-refractivity contribution in [3.63, 3.8) is 0 Å². The lowest BCUT2D eigenvalue weighted by Gasteiger charge is -2.38. The van der Waals surface area contributed by atoms with Crippen molar-refractivity contribution in [3.8, 4) is 0 Å². The number of halogens is 1. The maximum Gasteiger partial charge on any atom is 0.243 e. The standard InChI is InChI=1S/C15H28N2O3S.ClH/c1-17(12-13-6-4-3-5-7-13)14(18)15(21(2,19)20)8-10-16-11-9-15;/h13,16H,3-12H2,1-2H3;1H. The van der Waals surface area contributed by atoms with E-state index in [1.165, 1.54) is 25.5 Å². The SMILES string of the molecule is CN(CC1CCCCC1)C(=O)C1(S(C)(=O)=O)CCNCC1.Cl. The van der Waals surface area contributed by atoms with Gasteiger partial charge in [-0.15, -0.1) is 12.4 Å². The van der Waals surface area contributed by atoms with E-state index in [0.717, 1.165) is 12.8 Å². The fourth-order valence-electron chi connectivity index (χ4n) is 3.76. The zero-order chi connectivity index (χ0) is 15.5. The van der Waals surface area contributed by atoms with Gasteiger partial charge in [-0.2, -0.15) is 0 Å². The van der Waals surface area contributed by atoms with E-state index < -0.39 is 14.6 Å². The molecule has 1 heterocycles. The lowest BCUT2D eigenvalue weighted by Crippen LogP contribution is -2.58. The van der Waals surface area contributed by atoms with Gasteiger partial charge in [0.2, 0.25) is 5.91 Å². The minimum Gasteiger partial charge on any atom is -0.344 e. The molecule has 2 fully saturated rings. The largest absolute Gasteiger partial charge is 0.344 e.